The monoisotopic (exact) mass is 664 g/mol. The van der Waals surface area contributed by atoms with Crippen molar-refractivity contribution in [2.45, 2.75) is 0 Å². The molecule has 0 aliphatic heterocycles. The van der Waals surface area contributed by atoms with Gasteiger partial charge in [0.05, 0.1) is 27.6 Å². The number of fused-ring (bicyclic) bond motifs is 13. The number of rotatable bonds is 3. The zero-order chi connectivity index (χ0) is 33.9. The van der Waals surface area contributed by atoms with Crippen LogP contribution in [0.3, 0.4) is 0 Å². The van der Waals surface area contributed by atoms with Crippen molar-refractivity contribution in [3.05, 3.63) is 170 Å². The van der Waals surface area contributed by atoms with Gasteiger partial charge in [0.15, 0.2) is 0 Å². The van der Waals surface area contributed by atoms with E-state index in [1.54, 1.807) is 0 Å². The maximum Gasteiger partial charge on any atom is 0.145 e. The van der Waals surface area contributed by atoms with E-state index >= 15 is 0 Å². The highest BCUT2D eigenvalue weighted by molar-refractivity contribution is 6.29. The molecule has 0 atom stereocenters. The van der Waals surface area contributed by atoms with Gasteiger partial charge in [0.2, 0.25) is 0 Å². The molecule has 0 radical (unpaired) electrons. The summed E-state index contributed by atoms with van der Waals surface area (Å²) in [6.07, 6.45) is 1.88. The van der Waals surface area contributed by atoms with Crippen LogP contribution in [0.25, 0.3) is 105 Å². The number of furan rings is 1. The van der Waals surface area contributed by atoms with Crippen molar-refractivity contribution in [1.82, 2.24) is 18.7 Å². The molecule has 0 unspecified atom stereocenters. The zero-order valence-electron chi connectivity index (χ0n) is 27.9. The average Bonchev–Trinajstić information content (AvgIpc) is 3.94. The van der Waals surface area contributed by atoms with Gasteiger partial charge in [-0.25, -0.2) is 4.98 Å². The van der Waals surface area contributed by atoms with Crippen molar-refractivity contribution in [2.24, 2.45) is 0 Å². The molecule has 5 heterocycles. The Balaban J connectivity index is 1.16. The summed E-state index contributed by atoms with van der Waals surface area (Å²) in [6, 6.07) is 58.6. The van der Waals surface area contributed by atoms with Crippen LogP contribution in [0.15, 0.2) is 174 Å². The van der Waals surface area contributed by atoms with Crippen LogP contribution in [0.2, 0.25) is 0 Å². The van der Waals surface area contributed by atoms with Crippen molar-refractivity contribution in [1.29, 1.82) is 0 Å². The topological polar surface area (TPSA) is 40.8 Å². The van der Waals surface area contributed by atoms with Crippen LogP contribution in [0.4, 0.5) is 0 Å². The fourth-order valence-corrected chi connectivity index (χ4v) is 8.74. The molecule has 52 heavy (non-hydrogen) atoms. The smallest absolute Gasteiger partial charge is 0.145 e. The van der Waals surface area contributed by atoms with Crippen LogP contribution in [0.1, 0.15) is 0 Å². The number of pyridine rings is 1. The fraction of sp³-hybridized carbons (Fsp3) is 0. The summed E-state index contributed by atoms with van der Waals surface area (Å²) in [4.78, 5) is 4.85. The van der Waals surface area contributed by atoms with Crippen molar-refractivity contribution in [3.63, 3.8) is 0 Å². The number of benzene rings is 7. The van der Waals surface area contributed by atoms with Gasteiger partial charge < -0.3 is 13.6 Å². The van der Waals surface area contributed by atoms with Crippen LogP contribution < -0.4 is 0 Å². The van der Waals surface area contributed by atoms with Gasteiger partial charge in [0.25, 0.3) is 0 Å². The van der Waals surface area contributed by atoms with Gasteiger partial charge >= 0.3 is 0 Å². The Kier molecular flexibility index (Phi) is 5.44. The molecule has 0 saturated heterocycles. The van der Waals surface area contributed by atoms with Crippen molar-refractivity contribution >= 4 is 87.5 Å². The Morgan fingerprint density at radius 1 is 0.346 bits per heavy atom. The molecule has 7 aromatic carbocycles. The molecule has 0 saturated carbocycles. The van der Waals surface area contributed by atoms with Gasteiger partial charge in [-0.15, -0.1) is 0 Å². The molecule has 0 spiro atoms. The van der Waals surface area contributed by atoms with Crippen LogP contribution in [0.5, 0.6) is 0 Å². The molecule has 5 aromatic heterocycles. The molecule has 0 bridgehead atoms. The van der Waals surface area contributed by atoms with E-state index in [2.05, 4.69) is 159 Å². The highest BCUT2D eigenvalue weighted by Crippen LogP contribution is 2.43. The minimum Gasteiger partial charge on any atom is -0.456 e. The standard InChI is InChI=1S/C47H28N4O/c1-2-11-29(12-3-1)51-40-22-20-30(27-36(40)33-16-10-26-48-47(33)51)49-38-17-7-4-14-34(38)45-41(49)23-24-42-46(45)35-15-5-8-18-39(35)50(42)31-21-25-44-37(28-31)32-13-6-9-19-43(32)52-44/h1-28H. The molecule has 0 amide bonds. The lowest BCUT2D eigenvalue weighted by Crippen LogP contribution is -1.96. The van der Waals surface area contributed by atoms with Gasteiger partial charge in [-0.05, 0) is 91.0 Å². The minimum atomic E-state index is 0.899. The van der Waals surface area contributed by atoms with E-state index in [0.717, 1.165) is 55.6 Å². The van der Waals surface area contributed by atoms with Crippen LogP contribution in [-0.4, -0.2) is 18.7 Å². The summed E-state index contributed by atoms with van der Waals surface area (Å²) >= 11 is 0. The van der Waals surface area contributed by atoms with Crippen molar-refractivity contribution < 1.29 is 4.42 Å². The summed E-state index contributed by atoms with van der Waals surface area (Å²) in [5.41, 5.74) is 11.9. The summed E-state index contributed by atoms with van der Waals surface area (Å²) < 4.78 is 13.3. The molecule has 0 fully saturated rings. The summed E-state index contributed by atoms with van der Waals surface area (Å²) in [5, 5.41) is 9.54. The quantitative estimate of drug-likeness (QED) is 0.189. The van der Waals surface area contributed by atoms with E-state index in [0.29, 0.717) is 0 Å². The molecular formula is C47H28N4O. The Hall–Kier alpha value is -7.11. The first-order chi connectivity index (χ1) is 25.8. The minimum absolute atomic E-state index is 0.899. The van der Waals surface area contributed by atoms with Crippen molar-refractivity contribution in [2.75, 3.05) is 0 Å². The van der Waals surface area contributed by atoms with E-state index in [-0.39, 0.29) is 0 Å². The summed E-state index contributed by atoms with van der Waals surface area (Å²) in [6.45, 7) is 0. The molecule has 12 rings (SSSR count). The van der Waals surface area contributed by atoms with E-state index in [1.165, 1.54) is 49.0 Å². The van der Waals surface area contributed by atoms with E-state index in [4.69, 9.17) is 9.40 Å². The largest absolute Gasteiger partial charge is 0.456 e. The highest BCUT2D eigenvalue weighted by atomic mass is 16.3. The second kappa shape index (κ2) is 10.2. The van der Waals surface area contributed by atoms with E-state index < -0.39 is 0 Å². The Bertz CT molecular complexity index is 3410. The number of aromatic nitrogens is 4. The van der Waals surface area contributed by atoms with Crippen molar-refractivity contribution in [3.8, 4) is 17.1 Å². The molecule has 5 nitrogen and oxygen atoms in total. The lowest BCUT2D eigenvalue weighted by molar-refractivity contribution is 0.669. The average molecular weight is 665 g/mol. The summed E-state index contributed by atoms with van der Waals surface area (Å²) in [7, 11) is 0. The molecule has 5 heteroatoms. The summed E-state index contributed by atoms with van der Waals surface area (Å²) in [5.74, 6) is 0. The highest BCUT2D eigenvalue weighted by Gasteiger charge is 2.22. The molecule has 0 N–H and O–H groups in total. The van der Waals surface area contributed by atoms with Gasteiger partial charge in [-0.3, -0.25) is 4.57 Å². The normalized spacial score (nSPS) is 12.2. The Labute approximate surface area is 296 Å². The zero-order valence-corrected chi connectivity index (χ0v) is 27.9. The first-order valence-corrected chi connectivity index (χ1v) is 17.6. The number of nitrogens with zero attached hydrogens (tertiary/aromatic N) is 4. The third kappa shape index (κ3) is 3.64. The van der Waals surface area contributed by atoms with Gasteiger partial charge in [-0.2, -0.15) is 0 Å². The molecule has 12 aromatic rings. The second-order valence-electron chi connectivity index (χ2n) is 13.6. The molecule has 0 aliphatic carbocycles. The second-order valence-corrected chi connectivity index (χ2v) is 13.6. The van der Waals surface area contributed by atoms with Crippen LogP contribution in [-0.2, 0) is 0 Å². The van der Waals surface area contributed by atoms with Gasteiger partial charge in [0.1, 0.15) is 16.8 Å². The Morgan fingerprint density at radius 2 is 0.885 bits per heavy atom. The fourth-order valence-electron chi connectivity index (χ4n) is 8.74. The first kappa shape index (κ1) is 27.7. The van der Waals surface area contributed by atoms with Gasteiger partial charge in [-0.1, -0.05) is 72.8 Å². The SMILES string of the molecule is c1ccc(-n2c3ccc(-n4c5ccccc5c5c6c7ccccc7n(-c7ccc8oc9ccccc9c8c7)c6ccc54)cc3c3cccnc32)cc1. The van der Waals surface area contributed by atoms with E-state index in [1.807, 2.05) is 24.4 Å². The van der Waals surface area contributed by atoms with Crippen LogP contribution in [0, 0.1) is 0 Å². The third-order valence-corrected chi connectivity index (χ3v) is 10.9. The lowest BCUT2D eigenvalue weighted by atomic mass is 10.1. The van der Waals surface area contributed by atoms with Gasteiger partial charge in [0, 0.05) is 66.3 Å². The lowest BCUT2D eigenvalue weighted by Gasteiger charge is -2.11. The maximum atomic E-state index is 6.21. The van der Waals surface area contributed by atoms with E-state index in [9.17, 15) is 0 Å². The van der Waals surface area contributed by atoms with Crippen LogP contribution >= 0.6 is 0 Å². The molecule has 242 valence electrons. The molecular weight excluding hydrogens is 637 g/mol. The molecule has 0 aliphatic rings. The third-order valence-electron chi connectivity index (χ3n) is 10.9. The maximum absolute atomic E-state index is 6.21. The first-order valence-electron chi connectivity index (χ1n) is 17.6. The number of hydrogen-bond donors (Lipinski definition) is 0. The predicted molar refractivity (Wildman–Crippen MR) is 215 cm³/mol. The number of para-hydroxylation sites is 4. The predicted octanol–water partition coefficient (Wildman–Crippen LogP) is 12.3. The number of hydrogen-bond acceptors (Lipinski definition) is 2. The Morgan fingerprint density at radius 3 is 1.62 bits per heavy atom.